The molecule has 1 heterocycles. The maximum atomic E-state index is 4.61. The molecule has 0 spiro atoms. The minimum Gasteiger partial charge on any atom is -0.352 e. The van der Waals surface area contributed by atoms with Crippen LogP contribution in [0.4, 0.5) is 0 Å². The van der Waals surface area contributed by atoms with Crippen LogP contribution in [-0.4, -0.2) is 53.2 Å². The largest absolute Gasteiger partial charge is 0.352 e. The lowest BCUT2D eigenvalue weighted by molar-refractivity contribution is 0.345. The molecule has 0 amide bonds. The second kappa shape index (κ2) is 10.3. The summed E-state index contributed by atoms with van der Waals surface area (Å²) >= 11 is 0. The number of nitrogens with zero attached hydrogens (tertiary/aromatic N) is 5. The van der Waals surface area contributed by atoms with Crippen molar-refractivity contribution in [3.05, 3.63) is 52.8 Å². The van der Waals surface area contributed by atoms with E-state index in [1.165, 1.54) is 16.7 Å². The van der Waals surface area contributed by atoms with Gasteiger partial charge >= 0.3 is 0 Å². The Morgan fingerprint density at radius 2 is 1.93 bits per heavy atom. The van der Waals surface area contributed by atoms with Gasteiger partial charge in [0.2, 0.25) is 0 Å². The number of rotatable bonds is 8. The Bertz CT molecular complexity index is 777. The Kier molecular flexibility index (Phi) is 8.05. The predicted molar refractivity (Wildman–Crippen MR) is 117 cm³/mol. The van der Waals surface area contributed by atoms with Crippen LogP contribution in [0.1, 0.15) is 49.1 Å². The van der Waals surface area contributed by atoms with Crippen LogP contribution in [0, 0.1) is 0 Å². The highest BCUT2D eigenvalue weighted by Gasteiger charge is 2.15. The molecule has 1 aromatic heterocycles. The molecule has 0 radical (unpaired) electrons. The Balaban J connectivity index is 2.00. The van der Waals surface area contributed by atoms with Crippen molar-refractivity contribution in [3.63, 3.8) is 0 Å². The van der Waals surface area contributed by atoms with E-state index in [2.05, 4.69) is 90.5 Å². The molecule has 0 aliphatic carbocycles. The van der Waals surface area contributed by atoms with Gasteiger partial charge in [-0.05, 0) is 30.6 Å². The zero-order valence-electron chi connectivity index (χ0n) is 18.5. The van der Waals surface area contributed by atoms with Crippen molar-refractivity contribution < 1.29 is 0 Å². The summed E-state index contributed by atoms with van der Waals surface area (Å²) in [5.41, 5.74) is 5.00. The molecule has 0 fully saturated rings. The molecule has 1 N–H and O–H groups in total. The zero-order chi connectivity index (χ0) is 20.7. The van der Waals surface area contributed by atoms with Gasteiger partial charge in [0.15, 0.2) is 5.96 Å². The summed E-state index contributed by atoms with van der Waals surface area (Å²) in [6, 6.07) is 8.75. The van der Waals surface area contributed by atoms with Crippen molar-refractivity contribution >= 4 is 5.96 Å². The molecule has 28 heavy (non-hydrogen) atoms. The number of aromatic nitrogens is 2. The number of hydrogen-bond acceptors (Lipinski definition) is 3. The smallest absolute Gasteiger partial charge is 0.193 e. The lowest BCUT2D eigenvalue weighted by Gasteiger charge is -2.22. The SMILES string of the molecule is CCN(C)Cc1cccc(CNC(=NC)N(C)Cc2cn(C)nc2C(C)C)c1. The summed E-state index contributed by atoms with van der Waals surface area (Å²) in [7, 11) is 8.02. The first-order valence-corrected chi connectivity index (χ1v) is 10.0. The zero-order valence-corrected chi connectivity index (χ0v) is 18.5. The highest BCUT2D eigenvalue weighted by Crippen LogP contribution is 2.18. The van der Waals surface area contributed by atoms with Crippen molar-refractivity contribution in [2.24, 2.45) is 12.0 Å². The lowest BCUT2D eigenvalue weighted by atomic mass is 10.1. The van der Waals surface area contributed by atoms with E-state index in [4.69, 9.17) is 0 Å². The number of nitrogens with one attached hydrogen (secondary N) is 1. The fourth-order valence-corrected chi connectivity index (χ4v) is 3.32. The number of guanidine groups is 1. The molecule has 0 aliphatic heterocycles. The second-order valence-electron chi connectivity index (χ2n) is 7.78. The van der Waals surface area contributed by atoms with Crippen molar-refractivity contribution in [1.82, 2.24) is 24.9 Å². The number of benzene rings is 1. The summed E-state index contributed by atoms with van der Waals surface area (Å²) in [5, 5.41) is 8.10. The number of aryl methyl sites for hydroxylation is 1. The molecule has 154 valence electrons. The normalized spacial score (nSPS) is 12.1. The molecule has 0 saturated heterocycles. The van der Waals surface area contributed by atoms with Gasteiger partial charge in [0.1, 0.15) is 0 Å². The average Bonchev–Trinajstić information content (AvgIpc) is 3.03. The molecule has 6 nitrogen and oxygen atoms in total. The van der Waals surface area contributed by atoms with E-state index in [0.717, 1.165) is 37.8 Å². The third-order valence-electron chi connectivity index (χ3n) is 4.90. The minimum atomic E-state index is 0.406. The third-order valence-corrected chi connectivity index (χ3v) is 4.90. The molecule has 0 bridgehead atoms. The Hall–Kier alpha value is -2.34. The second-order valence-corrected chi connectivity index (χ2v) is 7.78. The molecular weight excluding hydrogens is 348 g/mol. The average molecular weight is 385 g/mol. The highest BCUT2D eigenvalue weighted by atomic mass is 15.3. The van der Waals surface area contributed by atoms with Crippen LogP contribution in [0.15, 0.2) is 35.5 Å². The number of aliphatic imine (C=N–C) groups is 1. The van der Waals surface area contributed by atoms with E-state index >= 15 is 0 Å². The Morgan fingerprint density at radius 1 is 1.21 bits per heavy atom. The third kappa shape index (κ3) is 6.09. The van der Waals surface area contributed by atoms with E-state index in [0.29, 0.717) is 5.92 Å². The van der Waals surface area contributed by atoms with Gasteiger partial charge in [-0.1, -0.05) is 45.0 Å². The Labute approximate surface area is 170 Å². The summed E-state index contributed by atoms with van der Waals surface area (Å²) < 4.78 is 1.90. The van der Waals surface area contributed by atoms with Crippen molar-refractivity contribution in [2.75, 3.05) is 27.7 Å². The van der Waals surface area contributed by atoms with Gasteiger partial charge in [0.05, 0.1) is 5.69 Å². The summed E-state index contributed by atoms with van der Waals surface area (Å²) in [5.74, 6) is 1.29. The van der Waals surface area contributed by atoms with Gasteiger partial charge in [-0.15, -0.1) is 0 Å². The van der Waals surface area contributed by atoms with E-state index in [1.807, 2.05) is 18.8 Å². The fourth-order valence-electron chi connectivity index (χ4n) is 3.32. The van der Waals surface area contributed by atoms with Crippen molar-refractivity contribution in [3.8, 4) is 0 Å². The predicted octanol–water partition coefficient (Wildman–Crippen LogP) is 3.20. The first-order chi connectivity index (χ1) is 13.3. The first kappa shape index (κ1) is 22.0. The topological polar surface area (TPSA) is 48.7 Å². The maximum Gasteiger partial charge on any atom is 0.193 e. The van der Waals surface area contributed by atoms with Crippen LogP contribution in [0.3, 0.4) is 0 Å². The summed E-state index contributed by atoms with van der Waals surface area (Å²) in [4.78, 5) is 8.92. The summed E-state index contributed by atoms with van der Waals surface area (Å²) in [6.45, 7) is 10.1. The van der Waals surface area contributed by atoms with Gasteiger partial charge < -0.3 is 15.1 Å². The van der Waals surface area contributed by atoms with E-state index < -0.39 is 0 Å². The maximum absolute atomic E-state index is 4.61. The van der Waals surface area contributed by atoms with Crippen molar-refractivity contribution in [1.29, 1.82) is 0 Å². The van der Waals surface area contributed by atoms with Gasteiger partial charge in [0, 0.05) is 52.5 Å². The van der Waals surface area contributed by atoms with Gasteiger partial charge in [-0.3, -0.25) is 9.67 Å². The van der Waals surface area contributed by atoms with Crippen LogP contribution >= 0.6 is 0 Å². The summed E-state index contributed by atoms with van der Waals surface area (Å²) in [6.07, 6.45) is 2.10. The standard InChI is InChI=1S/C22H36N6/c1-8-26(5)14-19-11-9-10-18(12-19)13-24-22(23-4)27(6)15-20-16-28(7)25-21(20)17(2)3/h9-12,16-17H,8,13-15H2,1-7H3,(H,23,24). The van der Waals surface area contributed by atoms with Crippen LogP contribution in [0.2, 0.25) is 0 Å². The van der Waals surface area contributed by atoms with Crippen molar-refractivity contribution in [2.45, 2.75) is 46.3 Å². The van der Waals surface area contributed by atoms with Gasteiger partial charge in [-0.25, -0.2) is 0 Å². The molecule has 6 heteroatoms. The van der Waals surface area contributed by atoms with Gasteiger partial charge in [0.25, 0.3) is 0 Å². The van der Waals surface area contributed by atoms with E-state index in [-0.39, 0.29) is 0 Å². The first-order valence-electron chi connectivity index (χ1n) is 10.0. The van der Waals surface area contributed by atoms with E-state index in [9.17, 15) is 0 Å². The lowest BCUT2D eigenvalue weighted by Crippen LogP contribution is -2.38. The van der Waals surface area contributed by atoms with Crippen LogP contribution in [0.25, 0.3) is 0 Å². The quantitative estimate of drug-likeness (QED) is 0.561. The minimum absolute atomic E-state index is 0.406. The monoisotopic (exact) mass is 384 g/mol. The van der Waals surface area contributed by atoms with Crippen LogP contribution in [-0.2, 0) is 26.7 Å². The molecule has 0 aliphatic rings. The molecular formula is C22H36N6. The molecule has 2 aromatic rings. The highest BCUT2D eigenvalue weighted by molar-refractivity contribution is 5.79. The molecule has 1 aromatic carbocycles. The molecule has 2 rings (SSSR count). The molecule has 0 atom stereocenters. The van der Waals surface area contributed by atoms with Crippen LogP contribution in [0.5, 0.6) is 0 Å². The molecule has 0 unspecified atom stereocenters. The van der Waals surface area contributed by atoms with E-state index in [1.54, 1.807) is 0 Å². The molecule has 0 saturated carbocycles. The number of hydrogen-bond donors (Lipinski definition) is 1. The van der Waals surface area contributed by atoms with Crippen LogP contribution < -0.4 is 5.32 Å². The van der Waals surface area contributed by atoms with Gasteiger partial charge in [-0.2, -0.15) is 5.10 Å². The fraction of sp³-hybridized carbons (Fsp3) is 0.545. The Morgan fingerprint density at radius 3 is 2.57 bits per heavy atom.